The van der Waals surface area contributed by atoms with Gasteiger partial charge >= 0.3 is 5.97 Å². The molecule has 23 heavy (non-hydrogen) atoms. The van der Waals surface area contributed by atoms with Crippen LogP contribution in [-0.2, 0) is 9.59 Å². The normalized spacial score (nSPS) is 16.6. The number of nitrogens with zero attached hydrogens (tertiary/aromatic N) is 1. The monoisotopic (exact) mass is 336 g/mol. The third kappa shape index (κ3) is 3.67. The summed E-state index contributed by atoms with van der Waals surface area (Å²) < 4.78 is 13.9. The Labute approximate surface area is 136 Å². The van der Waals surface area contributed by atoms with E-state index in [1.165, 1.54) is 23.5 Å². The second-order valence-corrected chi connectivity index (χ2v) is 7.16. The van der Waals surface area contributed by atoms with Crippen LogP contribution in [0.1, 0.15) is 38.5 Å². The van der Waals surface area contributed by atoms with E-state index < -0.39 is 11.4 Å². The van der Waals surface area contributed by atoms with Crippen molar-refractivity contribution in [3.05, 3.63) is 24.0 Å². The molecule has 0 aliphatic heterocycles. The number of fused-ring (bicyclic) bond motifs is 1. The molecule has 1 fully saturated rings. The summed E-state index contributed by atoms with van der Waals surface area (Å²) in [5, 5.41) is 12.2. The highest BCUT2D eigenvalue weighted by atomic mass is 32.1. The van der Waals surface area contributed by atoms with Gasteiger partial charge in [-0.1, -0.05) is 24.2 Å². The van der Waals surface area contributed by atoms with Gasteiger partial charge in [-0.3, -0.25) is 9.59 Å². The second-order valence-electron chi connectivity index (χ2n) is 6.13. The molecule has 0 bridgehead atoms. The standard InChI is InChI=1S/C16H17FN2O3S/c17-10-3-4-11-12(7-10)23-15(18-11)19-13(20)8-16(9-14(21)22)5-1-2-6-16/h3-4,7H,1-2,5-6,8-9H2,(H,21,22)(H,18,19,20). The Morgan fingerprint density at radius 1 is 1.30 bits per heavy atom. The summed E-state index contributed by atoms with van der Waals surface area (Å²) in [5.74, 6) is -1.44. The minimum Gasteiger partial charge on any atom is -0.481 e. The molecule has 1 aliphatic carbocycles. The van der Waals surface area contributed by atoms with Crippen molar-refractivity contribution < 1.29 is 19.1 Å². The Morgan fingerprint density at radius 3 is 2.74 bits per heavy atom. The van der Waals surface area contributed by atoms with E-state index in [1.54, 1.807) is 6.07 Å². The molecule has 0 unspecified atom stereocenters. The van der Waals surface area contributed by atoms with E-state index in [4.69, 9.17) is 5.11 Å². The lowest BCUT2D eigenvalue weighted by Gasteiger charge is -2.25. The van der Waals surface area contributed by atoms with Gasteiger partial charge in [0, 0.05) is 6.42 Å². The Kier molecular flexibility index (Phi) is 4.30. The van der Waals surface area contributed by atoms with Crippen molar-refractivity contribution in [3.63, 3.8) is 0 Å². The third-order valence-corrected chi connectivity index (χ3v) is 5.26. The first-order valence-electron chi connectivity index (χ1n) is 7.54. The van der Waals surface area contributed by atoms with Crippen LogP contribution in [0.15, 0.2) is 18.2 Å². The number of anilines is 1. The van der Waals surface area contributed by atoms with E-state index in [9.17, 15) is 14.0 Å². The number of hydrogen-bond acceptors (Lipinski definition) is 4. The zero-order valence-electron chi connectivity index (χ0n) is 12.5. The predicted octanol–water partition coefficient (Wildman–Crippen LogP) is 3.80. The number of rotatable bonds is 5. The molecule has 0 atom stereocenters. The molecule has 1 aliphatic rings. The summed E-state index contributed by atoms with van der Waals surface area (Å²) in [6, 6.07) is 4.28. The second kappa shape index (κ2) is 6.23. The maximum Gasteiger partial charge on any atom is 0.303 e. The number of carbonyl (C=O) groups is 2. The van der Waals surface area contributed by atoms with Crippen LogP contribution in [0, 0.1) is 11.2 Å². The van der Waals surface area contributed by atoms with Crippen LogP contribution in [0.3, 0.4) is 0 Å². The van der Waals surface area contributed by atoms with Gasteiger partial charge in [-0.15, -0.1) is 0 Å². The number of benzene rings is 1. The predicted molar refractivity (Wildman–Crippen MR) is 86.0 cm³/mol. The summed E-state index contributed by atoms with van der Waals surface area (Å²) in [5.41, 5.74) is 0.187. The van der Waals surface area contributed by atoms with Crippen molar-refractivity contribution in [3.8, 4) is 0 Å². The van der Waals surface area contributed by atoms with Gasteiger partial charge in [0.1, 0.15) is 5.82 Å². The lowest BCUT2D eigenvalue weighted by atomic mass is 9.79. The molecule has 1 saturated carbocycles. The fourth-order valence-electron chi connectivity index (χ4n) is 3.32. The molecular weight excluding hydrogens is 319 g/mol. The Bertz CT molecular complexity index is 753. The lowest BCUT2D eigenvalue weighted by Crippen LogP contribution is -2.27. The van der Waals surface area contributed by atoms with E-state index in [1.807, 2.05) is 0 Å². The zero-order chi connectivity index (χ0) is 16.4. The van der Waals surface area contributed by atoms with Gasteiger partial charge in [0.25, 0.3) is 0 Å². The average molecular weight is 336 g/mol. The van der Waals surface area contributed by atoms with Gasteiger partial charge in [0.15, 0.2) is 5.13 Å². The SMILES string of the molecule is O=C(O)CC1(CC(=O)Nc2nc3ccc(F)cc3s2)CCCC1. The summed E-state index contributed by atoms with van der Waals surface area (Å²) in [4.78, 5) is 27.6. The topological polar surface area (TPSA) is 79.3 Å². The molecule has 122 valence electrons. The molecule has 0 spiro atoms. The number of amides is 1. The molecule has 1 amide bonds. The molecule has 2 N–H and O–H groups in total. The third-order valence-electron chi connectivity index (χ3n) is 4.32. The Balaban J connectivity index is 1.71. The lowest BCUT2D eigenvalue weighted by molar-refractivity contribution is -0.140. The molecule has 1 heterocycles. The highest BCUT2D eigenvalue weighted by Gasteiger charge is 2.38. The van der Waals surface area contributed by atoms with Crippen LogP contribution in [0.4, 0.5) is 9.52 Å². The summed E-state index contributed by atoms with van der Waals surface area (Å²) in [6.07, 6.45) is 3.65. The van der Waals surface area contributed by atoms with Gasteiger partial charge in [-0.25, -0.2) is 9.37 Å². The van der Waals surface area contributed by atoms with Gasteiger partial charge < -0.3 is 10.4 Å². The van der Waals surface area contributed by atoms with Crippen LogP contribution in [0.5, 0.6) is 0 Å². The number of halogens is 1. The first-order chi connectivity index (χ1) is 11.0. The summed E-state index contributed by atoms with van der Waals surface area (Å²) in [7, 11) is 0. The van der Waals surface area contributed by atoms with Gasteiger partial charge in [-0.05, 0) is 36.5 Å². The molecule has 2 aromatic rings. The number of carboxylic acids is 1. The summed E-state index contributed by atoms with van der Waals surface area (Å²) >= 11 is 1.21. The number of aromatic nitrogens is 1. The molecule has 1 aromatic heterocycles. The van der Waals surface area contributed by atoms with Crippen molar-refractivity contribution in [2.24, 2.45) is 5.41 Å². The first-order valence-corrected chi connectivity index (χ1v) is 8.35. The molecule has 5 nitrogen and oxygen atoms in total. The van der Waals surface area contributed by atoms with Crippen LogP contribution in [0.2, 0.25) is 0 Å². The minimum absolute atomic E-state index is 0.0193. The number of carbonyl (C=O) groups excluding carboxylic acids is 1. The molecular formula is C16H17FN2O3S. The van der Waals surface area contributed by atoms with Crippen LogP contribution in [0.25, 0.3) is 10.2 Å². The molecule has 3 rings (SSSR count). The largest absolute Gasteiger partial charge is 0.481 e. The van der Waals surface area contributed by atoms with E-state index in [-0.39, 0.29) is 24.6 Å². The zero-order valence-corrected chi connectivity index (χ0v) is 13.3. The first kappa shape index (κ1) is 15.9. The highest BCUT2D eigenvalue weighted by molar-refractivity contribution is 7.22. The van der Waals surface area contributed by atoms with Gasteiger partial charge in [-0.2, -0.15) is 0 Å². The Hall–Kier alpha value is -2.02. The van der Waals surface area contributed by atoms with E-state index in [0.717, 1.165) is 25.7 Å². The number of hydrogen-bond donors (Lipinski definition) is 2. The number of aliphatic carboxylic acids is 1. The number of thiazole rings is 1. The quantitative estimate of drug-likeness (QED) is 0.870. The molecule has 0 radical (unpaired) electrons. The maximum atomic E-state index is 13.2. The molecule has 0 saturated heterocycles. The maximum absolute atomic E-state index is 13.2. The van der Waals surface area contributed by atoms with Crippen molar-refractivity contribution in [1.29, 1.82) is 0 Å². The number of carboxylic acid groups (broad SMARTS) is 1. The highest BCUT2D eigenvalue weighted by Crippen LogP contribution is 2.44. The minimum atomic E-state index is -0.866. The van der Waals surface area contributed by atoms with Gasteiger partial charge in [0.2, 0.25) is 5.91 Å². The van der Waals surface area contributed by atoms with Crippen LogP contribution in [-0.4, -0.2) is 22.0 Å². The van der Waals surface area contributed by atoms with Crippen molar-refractivity contribution in [1.82, 2.24) is 4.98 Å². The molecule has 7 heteroatoms. The van der Waals surface area contributed by atoms with Crippen LogP contribution >= 0.6 is 11.3 Å². The fraction of sp³-hybridized carbons (Fsp3) is 0.438. The van der Waals surface area contributed by atoms with Crippen molar-refractivity contribution in [2.45, 2.75) is 38.5 Å². The van der Waals surface area contributed by atoms with E-state index in [0.29, 0.717) is 15.3 Å². The van der Waals surface area contributed by atoms with Crippen molar-refractivity contribution >= 4 is 38.6 Å². The average Bonchev–Trinajstić information content (AvgIpc) is 3.03. The van der Waals surface area contributed by atoms with E-state index >= 15 is 0 Å². The van der Waals surface area contributed by atoms with Crippen LogP contribution < -0.4 is 5.32 Å². The Morgan fingerprint density at radius 2 is 2.04 bits per heavy atom. The smallest absolute Gasteiger partial charge is 0.303 e. The molecule has 1 aromatic carbocycles. The van der Waals surface area contributed by atoms with Crippen molar-refractivity contribution in [2.75, 3.05) is 5.32 Å². The summed E-state index contributed by atoms with van der Waals surface area (Å²) in [6.45, 7) is 0. The van der Waals surface area contributed by atoms with Gasteiger partial charge in [0.05, 0.1) is 16.6 Å². The number of nitrogens with one attached hydrogen (secondary N) is 1. The van der Waals surface area contributed by atoms with E-state index in [2.05, 4.69) is 10.3 Å². The fourth-order valence-corrected chi connectivity index (χ4v) is 4.22.